The average Bonchev–Trinajstić information content (AvgIpc) is 2.97. The Morgan fingerprint density at radius 3 is 2.94 bits per heavy atom. The molecule has 0 aliphatic carbocycles. The first kappa shape index (κ1) is 8.65. The summed E-state index contributed by atoms with van der Waals surface area (Å²) in [7, 11) is 0. The monoisotopic (exact) mass is 217 g/mol. The summed E-state index contributed by atoms with van der Waals surface area (Å²) >= 11 is 0. The van der Waals surface area contributed by atoms with Gasteiger partial charge in [-0.2, -0.15) is 9.97 Å². The fourth-order valence-electron chi connectivity index (χ4n) is 1.27. The third-order valence-corrected chi connectivity index (χ3v) is 1.97. The Hall–Kier alpha value is -2.64. The van der Waals surface area contributed by atoms with Crippen molar-refractivity contribution >= 4 is 5.95 Å². The van der Waals surface area contributed by atoms with E-state index in [1.807, 2.05) is 12.1 Å². The van der Waals surface area contributed by atoms with Gasteiger partial charge in [-0.3, -0.25) is 5.10 Å². The van der Waals surface area contributed by atoms with Crippen LogP contribution in [0.25, 0.3) is 23.2 Å². The number of nitrogen functional groups attached to an aromatic ring is 1. The maximum Gasteiger partial charge on any atom is 0.295 e. The SMILES string of the molecule is Nc1n[nH]c(-c2nc(-c3ccc[nH]3)no2)n1. The smallest absolute Gasteiger partial charge is 0.295 e. The first-order valence-electron chi connectivity index (χ1n) is 4.48. The van der Waals surface area contributed by atoms with Crippen molar-refractivity contribution in [3.8, 4) is 23.2 Å². The van der Waals surface area contributed by atoms with Crippen molar-refractivity contribution in [2.45, 2.75) is 0 Å². The van der Waals surface area contributed by atoms with Gasteiger partial charge >= 0.3 is 0 Å². The van der Waals surface area contributed by atoms with Gasteiger partial charge in [-0.25, -0.2) is 0 Å². The second kappa shape index (κ2) is 3.19. The van der Waals surface area contributed by atoms with Gasteiger partial charge in [0, 0.05) is 6.20 Å². The number of anilines is 1. The zero-order valence-corrected chi connectivity index (χ0v) is 8.01. The maximum atomic E-state index is 5.37. The Morgan fingerprint density at radius 2 is 2.25 bits per heavy atom. The van der Waals surface area contributed by atoms with Crippen molar-refractivity contribution in [3.63, 3.8) is 0 Å². The lowest BCUT2D eigenvalue weighted by atomic mass is 10.4. The topological polar surface area (TPSA) is 122 Å². The highest BCUT2D eigenvalue weighted by molar-refractivity contribution is 5.52. The third kappa shape index (κ3) is 1.32. The minimum Gasteiger partial charge on any atom is -0.366 e. The molecule has 0 radical (unpaired) electrons. The highest BCUT2D eigenvalue weighted by Gasteiger charge is 2.13. The molecule has 3 heterocycles. The summed E-state index contributed by atoms with van der Waals surface area (Å²) in [5, 5.41) is 10.1. The first-order valence-corrected chi connectivity index (χ1v) is 4.48. The molecule has 0 fully saturated rings. The molecule has 3 rings (SSSR count). The quantitative estimate of drug-likeness (QED) is 0.572. The van der Waals surface area contributed by atoms with Gasteiger partial charge in [0.1, 0.15) is 0 Å². The molecule has 0 aliphatic heterocycles. The van der Waals surface area contributed by atoms with Gasteiger partial charge in [0.05, 0.1) is 5.69 Å². The number of hydrogen-bond donors (Lipinski definition) is 3. The molecule has 3 aromatic heterocycles. The van der Waals surface area contributed by atoms with Crippen LogP contribution < -0.4 is 5.73 Å². The first-order chi connectivity index (χ1) is 7.83. The number of H-pyrrole nitrogens is 2. The number of hydrogen-bond acceptors (Lipinski definition) is 6. The second-order valence-corrected chi connectivity index (χ2v) is 3.05. The second-order valence-electron chi connectivity index (χ2n) is 3.05. The minimum atomic E-state index is 0.134. The molecule has 0 unspecified atom stereocenters. The van der Waals surface area contributed by atoms with Crippen LogP contribution in [-0.2, 0) is 0 Å². The maximum absolute atomic E-state index is 5.37. The van der Waals surface area contributed by atoms with E-state index in [4.69, 9.17) is 10.3 Å². The Morgan fingerprint density at radius 1 is 1.31 bits per heavy atom. The number of nitrogens with one attached hydrogen (secondary N) is 2. The van der Waals surface area contributed by atoms with Crippen LogP contribution in [0.1, 0.15) is 0 Å². The predicted molar refractivity (Wildman–Crippen MR) is 53.9 cm³/mol. The lowest BCUT2D eigenvalue weighted by Crippen LogP contribution is -1.85. The standard InChI is InChI=1S/C8H7N7O/c9-8-12-6(13-14-8)7-11-5(15-16-7)4-2-1-3-10-4/h1-3,10H,(H3,9,12,13,14). The van der Waals surface area contributed by atoms with Crippen LogP contribution in [0.3, 0.4) is 0 Å². The van der Waals surface area contributed by atoms with Crippen LogP contribution in [0, 0.1) is 0 Å². The van der Waals surface area contributed by atoms with Gasteiger partial charge in [0.2, 0.25) is 17.6 Å². The Labute approximate surface area is 88.9 Å². The summed E-state index contributed by atoms with van der Waals surface area (Å²) in [6.45, 7) is 0. The van der Waals surface area contributed by atoms with Crippen LogP contribution in [0.4, 0.5) is 5.95 Å². The van der Waals surface area contributed by atoms with Crippen molar-refractivity contribution in [1.29, 1.82) is 0 Å². The number of aromatic nitrogens is 6. The predicted octanol–water partition coefficient (Wildman–Crippen LogP) is 0.432. The minimum absolute atomic E-state index is 0.134. The molecular formula is C8H7N7O. The van der Waals surface area contributed by atoms with E-state index in [-0.39, 0.29) is 11.8 Å². The molecule has 0 bridgehead atoms. The van der Waals surface area contributed by atoms with Gasteiger partial charge in [-0.1, -0.05) is 5.16 Å². The molecule has 16 heavy (non-hydrogen) atoms. The Balaban J connectivity index is 2.00. The molecule has 0 atom stereocenters. The fraction of sp³-hybridized carbons (Fsp3) is 0. The molecule has 0 aliphatic rings. The van der Waals surface area contributed by atoms with E-state index in [2.05, 4.69) is 30.3 Å². The lowest BCUT2D eigenvalue weighted by Gasteiger charge is -1.84. The van der Waals surface area contributed by atoms with E-state index >= 15 is 0 Å². The summed E-state index contributed by atoms with van der Waals surface area (Å²) < 4.78 is 5.02. The molecule has 0 saturated carbocycles. The van der Waals surface area contributed by atoms with Crippen molar-refractivity contribution in [2.24, 2.45) is 0 Å². The van der Waals surface area contributed by atoms with Crippen molar-refractivity contribution in [3.05, 3.63) is 18.3 Å². The lowest BCUT2D eigenvalue weighted by molar-refractivity contribution is 0.429. The van der Waals surface area contributed by atoms with Gasteiger partial charge in [0.25, 0.3) is 5.89 Å². The molecule has 0 aromatic carbocycles. The average molecular weight is 217 g/mol. The number of nitrogens with zero attached hydrogens (tertiary/aromatic N) is 4. The fourth-order valence-corrected chi connectivity index (χ4v) is 1.27. The highest BCUT2D eigenvalue weighted by Crippen LogP contribution is 2.18. The van der Waals surface area contributed by atoms with Gasteiger partial charge in [-0.15, -0.1) is 5.10 Å². The Kier molecular flexibility index (Phi) is 1.72. The van der Waals surface area contributed by atoms with Gasteiger partial charge < -0.3 is 15.2 Å². The van der Waals surface area contributed by atoms with Crippen LogP contribution in [-0.4, -0.2) is 30.3 Å². The van der Waals surface area contributed by atoms with Crippen molar-refractivity contribution in [2.75, 3.05) is 5.73 Å². The molecule has 8 heteroatoms. The van der Waals surface area contributed by atoms with E-state index < -0.39 is 0 Å². The largest absolute Gasteiger partial charge is 0.366 e. The molecule has 8 nitrogen and oxygen atoms in total. The zero-order chi connectivity index (χ0) is 11.0. The van der Waals surface area contributed by atoms with Crippen LogP contribution in [0.15, 0.2) is 22.9 Å². The molecule has 80 valence electrons. The van der Waals surface area contributed by atoms with Crippen LogP contribution in [0.2, 0.25) is 0 Å². The normalized spacial score (nSPS) is 10.8. The number of aromatic amines is 2. The Bertz CT molecular complexity index is 593. The number of nitrogens with two attached hydrogens (primary N) is 1. The summed E-state index contributed by atoms with van der Waals surface area (Å²) in [5.74, 6) is 1.18. The summed E-state index contributed by atoms with van der Waals surface area (Å²) in [5.41, 5.74) is 6.13. The molecular weight excluding hydrogens is 210 g/mol. The molecule has 3 aromatic rings. The van der Waals surface area contributed by atoms with E-state index in [9.17, 15) is 0 Å². The molecule has 0 spiro atoms. The van der Waals surface area contributed by atoms with Gasteiger partial charge in [0.15, 0.2) is 0 Å². The summed E-state index contributed by atoms with van der Waals surface area (Å²) in [6.07, 6.45) is 1.78. The summed E-state index contributed by atoms with van der Waals surface area (Å²) in [4.78, 5) is 11.0. The van der Waals surface area contributed by atoms with Crippen LogP contribution >= 0.6 is 0 Å². The van der Waals surface area contributed by atoms with E-state index in [0.717, 1.165) is 5.69 Å². The molecule has 0 amide bonds. The number of rotatable bonds is 2. The summed E-state index contributed by atoms with van der Waals surface area (Å²) in [6, 6.07) is 3.68. The van der Waals surface area contributed by atoms with Gasteiger partial charge in [-0.05, 0) is 12.1 Å². The van der Waals surface area contributed by atoms with Crippen LogP contribution in [0.5, 0.6) is 0 Å². The van der Waals surface area contributed by atoms with Crippen molar-refractivity contribution in [1.82, 2.24) is 30.3 Å². The molecule has 0 saturated heterocycles. The van der Waals surface area contributed by atoms with E-state index in [1.165, 1.54) is 0 Å². The molecule has 4 N–H and O–H groups in total. The van der Waals surface area contributed by atoms with E-state index in [0.29, 0.717) is 11.6 Å². The zero-order valence-electron chi connectivity index (χ0n) is 8.01. The van der Waals surface area contributed by atoms with Crippen molar-refractivity contribution < 1.29 is 4.52 Å². The highest BCUT2D eigenvalue weighted by atomic mass is 16.5. The third-order valence-electron chi connectivity index (χ3n) is 1.97. The van der Waals surface area contributed by atoms with E-state index in [1.54, 1.807) is 6.20 Å².